The molecule has 0 spiro atoms. The zero-order valence-electron chi connectivity index (χ0n) is 15.6. The molecule has 0 radical (unpaired) electrons. The third kappa shape index (κ3) is 4.65. The van der Waals surface area contributed by atoms with Gasteiger partial charge in [0, 0.05) is 24.7 Å². The summed E-state index contributed by atoms with van der Waals surface area (Å²) in [4.78, 5) is 32.1. The van der Waals surface area contributed by atoms with Crippen molar-refractivity contribution in [1.82, 2.24) is 14.5 Å². The highest BCUT2D eigenvalue weighted by Gasteiger charge is 2.23. The third-order valence-electron chi connectivity index (χ3n) is 4.85. The summed E-state index contributed by atoms with van der Waals surface area (Å²) in [5, 5.41) is 1.55. The van der Waals surface area contributed by atoms with Crippen LogP contribution in [0.25, 0.3) is 10.9 Å². The van der Waals surface area contributed by atoms with E-state index < -0.39 is 0 Å². The summed E-state index contributed by atoms with van der Waals surface area (Å²) < 4.78 is 6.71. The molecule has 1 aromatic carbocycles. The lowest BCUT2D eigenvalue weighted by atomic mass is 10.0. The summed E-state index contributed by atoms with van der Waals surface area (Å²) in [6.07, 6.45) is 3.26. The molecular weight excluding hydrogens is 386 g/mol. The van der Waals surface area contributed by atoms with Crippen molar-refractivity contribution in [3.8, 4) is 0 Å². The number of aromatic nitrogens is 2. The van der Waals surface area contributed by atoms with Gasteiger partial charge in [0.05, 0.1) is 29.8 Å². The van der Waals surface area contributed by atoms with Gasteiger partial charge in [0.2, 0.25) is 5.91 Å². The average molecular weight is 410 g/mol. The van der Waals surface area contributed by atoms with Gasteiger partial charge in [0.15, 0.2) is 5.16 Å². The van der Waals surface area contributed by atoms with Gasteiger partial charge < -0.3 is 9.64 Å². The lowest BCUT2D eigenvalue weighted by molar-refractivity contribution is -0.131. The van der Waals surface area contributed by atoms with Gasteiger partial charge >= 0.3 is 0 Å². The van der Waals surface area contributed by atoms with Crippen LogP contribution in [0, 0.1) is 0 Å². The molecule has 1 amide bonds. The number of hydrogen-bond acceptors (Lipinski definition) is 5. The Morgan fingerprint density at radius 3 is 2.96 bits per heavy atom. The van der Waals surface area contributed by atoms with Crippen molar-refractivity contribution in [2.24, 2.45) is 0 Å². The lowest BCUT2D eigenvalue weighted by Gasteiger charge is -2.33. The predicted octanol–water partition coefficient (Wildman–Crippen LogP) is 3.19. The van der Waals surface area contributed by atoms with E-state index in [0.717, 1.165) is 19.4 Å². The normalized spacial score (nSPS) is 17.4. The number of ether oxygens (including phenoxy) is 1. The highest BCUT2D eigenvalue weighted by molar-refractivity contribution is 7.99. The van der Waals surface area contributed by atoms with Crippen molar-refractivity contribution in [3.05, 3.63) is 33.6 Å². The monoisotopic (exact) mass is 409 g/mol. The molecule has 3 rings (SSSR count). The molecule has 0 N–H and O–H groups in total. The highest BCUT2D eigenvalue weighted by atomic mass is 35.5. The van der Waals surface area contributed by atoms with E-state index in [1.165, 1.54) is 18.2 Å². The van der Waals surface area contributed by atoms with Gasteiger partial charge in [0.25, 0.3) is 5.56 Å². The number of hydrogen-bond donors (Lipinski definition) is 0. The van der Waals surface area contributed by atoms with Gasteiger partial charge in [-0.1, -0.05) is 23.4 Å². The summed E-state index contributed by atoms with van der Waals surface area (Å²) >= 11 is 7.35. The van der Waals surface area contributed by atoms with E-state index in [1.807, 2.05) is 4.90 Å². The van der Waals surface area contributed by atoms with Crippen molar-refractivity contribution in [3.63, 3.8) is 0 Å². The van der Waals surface area contributed by atoms with Gasteiger partial charge in [-0.15, -0.1) is 0 Å². The van der Waals surface area contributed by atoms with Crippen LogP contribution in [0.5, 0.6) is 0 Å². The number of carbonyl (C=O) groups is 1. The van der Waals surface area contributed by atoms with E-state index in [1.54, 1.807) is 29.9 Å². The highest BCUT2D eigenvalue weighted by Crippen LogP contribution is 2.23. The average Bonchev–Trinajstić information content (AvgIpc) is 2.65. The molecule has 27 heavy (non-hydrogen) atoms. The summed E-state index contributed by atoms with van der Waals surface area (Å²) in [6.45, 7) is 3.67. The molecule has 1 fully saturated rings. The van der Waals surface area contributed by atoms with E-state index >= 15 is 0 Å². The van der Waals surface area contributed by atoms with Gasteiger partial charge in [-0.3, -0.25) is 14.2 Å². The maximum absolute atomic E-state index is 12.9. The van der Waals surface area contributed by atoms with Crippen molar-refractivity contribution in [1.29, 1.82) is 0 Å². The second-order valence-electron chi connectivity index (χ2n) is 6.73. The molecule has 1 aliphatic rings. The molecule has 1 aliphatic heterocycles. The number of amides is 1. The third-order valence-corrected chi connectivity index (χ3v) is 6.05. The fraction of sp³-hybridized carbons (Fsp3) is 0.526. The Bertz CT molecular complexity index is 886. The van der Waals surface area contributed by atoms with Crippen LogP contribution in [0.1, 0.15) is 26.2 Å². The molecule has 1 aromatic heterocycles. The first-order chi connectivity index (χ1) is 13.0. The first kappa shape index (κ1) is 20.2. The van der Waals surface area contributed by atoms with Gasteiger partial charge in [-0.2, -0.15) is 0 Å². The van der Waals surface area contributed by atoms with Crippen LogP contribution >= 0.6 is 23.4 Å². The molecule has 8 heteroatoms. The van der Waals surface area contributed by atoms with Crippen molar-refractivity contribution < 1.29 is 9.53 Å². The van der Waals surface area contributed by atoms with Gasteiger partial charge in [-0.25, -0.2) is 4.98 Å². The fourth-order valence-electron chi connectivity index (χ4n) is 3.34. The number of piperidine rings is 1. The molecule has 0 bridgehead atoms. The first-order valence-corrected chi connectivity index (χ1v) is 10.5. The van der Waals surface area contributed by atoms with Crippen LogP contribution in [0.4, 0.5) is 0 Å². The van der Waals surface area contributed by atoms with Crippen LogP contribution < -0.4 is 5.56 Å². The van der Waals surface area contributed by atoms with Crippen molar-refractivity contribution >= 4 is 40.2 Å². The summed E-state index contributed by atoms with van der Waals surface area (Å²) in [5.74, 6) is 0.349. The number of halogens is 1. The summed E-state index contributed by atoms with van der Waals surface area (Å²) in [5.41, 5.74) is 0.400. The molecule has 146 valence electrons. The largest absolute Gasteiger partial charge is 0.383 e. The van der Waals surface area contributed by atoms with E-state index in [9.17, 15) is 9.59 Å². The Kier molecular flexibility index (Phi) is 6.78. The van der Waals surface area contributed by atoms with Crippen LogP contribution in [0.3, 0.4) is 0 Å². The number of benzene rings is 1. The van der Waals surface area contributed by atoms with E-state index in [-0.39, 0.29) is 23.3 Å². The van der Waals surface area contributed by atoms with Gasteiger partial charge in [-0.05, 0) is 44.4 Å². The number of fused-ring (bicyclic) bond motifs is 1. The quantitative estimate of drug-likeness (QED) is 0.541. The molecule has 1 saturated heterocycles. The van der Waals surface area contributed by atoms with E-state index in [4.69, 9.17) is 16.3 Å². The van der Waals surface area contributed by atoms with Crippen LogP contribution in [-0.2, 0) is 16.1 Å². The SMILES string of the molecule is COCCn1c(SCC(=O)N2CCCCC2C)nc2cc(Cl)ccc2c1=O. The van der Waals surface area contributed by atoms with Crippen molar-refractivity contribution in [2.45, 2.75) is 43.9 Å². The summed E-state index contributed by atoms with van der Waals surface area (Å²) in [6, 6.07) is 5.32. The Balaban J connectivity index is 1.87. The Morgan fingerprint density at radius 1 is 1.41 bits per heavy atom. The number of rotatable bonds is 6. The standard InChI is InChI=1S/C19H24ClN3O3S/c1-13-5-3-4-8-22(13)17(24)12-27-19-21-16-11-14(20)6-7-15(16)18(25)23(19)9-10-26-2/h6-7,11,13H,3-5,8-10,12H2,1-2H3. The molecule has 6 nitrogen and oxygen atoms in total. The molecule has 2 aromatic rings. The first-order valence-electron chi connectivity index (χ1n) is 9.12. The Morgan fingerprint density at radius 2 is 2.22 bits per heavy atom. The van der Waals surface area contributed by atoms with Gasteiger partial charge in [0.1, 0.15) is 0 Å². The molecular formula is C19H24ClN3O3S. The minimum absolute atomic E-state index is 0.0888. The number of nitrogens with zero attached hydrogens (tertiary/aromatic N) is 3. The minimum Gasteiger partial charge on any atom is -0.383 e. The number of carbonyl (C=O) groups excluding carboxylic acids is 1. The molecule has 0 aliphatic carbocycles. The predicted molar refractivity (Wildman–Crippen MR) is 109 cm³/mol. The topological polar surface area (TPSA) is 64.4 Å². The maximum atomic E-state index is 12.9. The zero-order chi connectivity index (χ0) is 19.4. The maximum Gasteiger partial charge on any atom is 0.262 e. The molecule has 0 saturated carbocycles. The number of likely N-dealkylation sites (tertiary alicyclic amines) is 1. The fourth-order valence-corrected chi connectivity index (χ4v) is 4.42. The smallest absolute Gasteiger partial charge is 0.262 e. The number of methoxy groups -OCH3 is 1. The Labute approximate surface area is 167 Å². The summed E-state index contributed by atoms with van der Waals surface area (Å²) in [7, 11) is 1.59. The molecule has 1 unspecified atom stereocenters. The van der Waals surface area contributed by atoms with Crippen molar-refractivity contribution in [2.75, 3.05) is 26.0 Å². The van der Waals surface area contributed by atoms with E-state index in [2.05, 4.69) is 11.9 Å². The Hall–Kier alpha value is -1.57. The number of thioether (sulfide) groups is 1. The van der Waals surface area contributed by atoms with Crippen LogP contribution in [-0.4, -0.2) is 52.4 Å². The zero-order valence-corrected chi connectivity index (χ0v) is 17.2. The van der Waals surface area contributed by atoms with E-state index in [0.29, 0.717) is 34.2 Å². The molecule has 1 atom stereocenters. The minimum atomic E-state index is -0.144. The second-order valence-corrected chi connectivity index (χ2v) is 8.10. The van der Waals surface area contributed by atoms with Crippen LogP contribution in [0.2, 0.25) is 5.02 Å². The second kappa shape index (κ2) is 9.08. The van der Waals surface area contributed by atoms with Crippen LogP contribution in [0.15, 0.2) is 28.2 Å². The molecule has 2 heterocycles. The lowest BCUT2D eigenvalue weighted by Crippen LogP contribution is -2.43.